The average Bonchev–Trinajstić information content (AvgIpc) is 2.70. The Labute approximate surface area is 159 Å². The van der Waals surface area contributed by atoms with E-state index in [1.165, 1.54) is 0 Å². The van der Waals surface area contributed by atoms with Gasteiger partial charge in [0, 0.05) is 5.92 Å². The van der Waals surface area contributed by atoms with Gasteiger partial charge < -0.3 is 14.9 Å². The molecule has 0 aromatic heterocycles. The van der Waals surface area contributed by atoms with Crippen LogP contribution in [0.5, 0.6) is 0 Å². The van der Waals surface area contributed by atoms with Gasteiger partial charge in [0.15, 0.2) is 11.6 Å². The zero-order valence-corrected chi connectivity index (χ0v) is 16.2. The van der Waals surface area contributed by atoms with Crippen LogP contribution in [0.3, 0.4) is 0 Å². The summed E-state index contributed by atoms with van der Waals surface area (Å²) in [6, 6.07) is 0. The van der Waals surface area contributed by atoms with Crippen molar-refractivity contribution in [3.8, 4) is 0 Å². The summed E-state index contributed by atoms with van der Waals surface area (Å²) in [7, 11) is 0. The highest BCUT2D eigenvalue weighted by atomic mass is 16.6. The van der Waals surface area contributed by atoms with E-state index in [2.05, 4.69) is 13.2 Å². The third-order valence-corrected chi connectivity index (χ3v) is 9.02. The Bertz CT molecular complexity index is 827. The third kappa shape index (κ3) is 1.48. The van der Waals surface area contributed by atoms with Crippen molar-refractivity contribution in [2.75, 3.05) is 6.61 Å². The van der Waals surface area contributed by atoms with Crippen molar-refractivity contribution < 1.29 is 24.5 Å². The number of rotatable bonds is 0. The quantitative estimate of drug-likeness (QED) is 0.636. The van der Waals surface area contributed by atoms with E-state index in [1.54, 1.807) is 0 Å². The molecule has 0 radical (unpaired) electrons. The Morgan fingerprint density at radius 2 is 1.81 bits per heavy atom. The van der Waals surface area contributed by atoms with Gasteiger partial charge in [-0.25, -0.2) is 0 Å². The Hall–Kier alpha value is -1.30. The van der Waals surface area contributed by atoms with E-state index >= 15 is 0 Å². The normalized spacial score (nSPS) is 55.5. The van der Waals surface area contributed by atoms with Gasteiger partial charge in [-0.1, -0.05) is 33.9 Å². The second-order valence-corrected chi connectivity index (χ2v) is 10.3. The average molecular weight is 372 g/mol. The summed E-state index contributed by atoms with van der Waals surface area (Å²) in [4.78, 5) is 27.1. The van der Waals surface area contributed by atoms with E-state index in [1.807, 2.05) is 20.8 Å². The number of Topliss-reactive ketones (excluding diaryl/α,β-unsaturated/α-hetero) is 2. The van der Waals surface area contributed by atoms with Crippen LogP contribution in [0.2, 0.25) is 0 Å². The lowest BCUT2D eigenvalue weighted by Crippen LogP contribution is -2.84. The molecule has 146 valence electrons. The summed E-state index contributed by atoms with van der Waals surface area (Å²) < 4.78 is 5.91. The van der Waals surface area contributed by atoms with Gasteiger partial charge in [-0.2, -0.15) is 0 Å². The van der Waals surface area contributed by atoms with Crippen LogP contribution in [0.25, 0.3) is 0 Å². The van der Waals surface area contributed by atoms with Crippen LogP contribution < -0.4 is 0 Å². The van der Waals surface area contributed by atoms with E-state index in [0.29, 0.717) is 24.0 Å². The van der Waals surface area contributed by atoms with Crippen LogP contribution in [-0.4, -0.2) is 40.3 Å². The maximum absolute atomic E-state index is 13.6. The molecule has 4 bridgehead atoms. The Morgan fingerprint density at radius 3 is 2.48 bits per heavy atom. The van der Waals surface area contributed by atoms with Gasteiger partial charge in [0.1, 0.15) is 6.10 Å². The number of ether oxygens (including phenoxy) is 1. The van der Waals surface area contributed by atoms with Crippen molar-refractivity contribution in [1.82, 2.24) is 0 Å². The minimum absolute atomic E-state index is 0.0299. The molecule has 5 heteroatoms. The van der Waals surface area contributed by atoms with Crippen molar-refractivity contribution in [3.63, 3.8) is 0 Å². The van der Waals surface area contributed by atoms with Gasteiger partial charge in [0.05, 0.1) is 17.4 Å². The number of aliphatic hydroxyl groups excluding tert-OH is 1. The SMILES string of the molecule is C=C1CC(C)(C)[C@H]2[C@H](O)[C@@]3(O)OC[C@]2(C1=O)[C@@H]1CC[C@H]2C(=C)C(=O)[C@]13[C@@H]2C. The predicted octanol–water partition coefficient (Wildman–Crippen LogP) is 2.03. The fraction of sp³-hybridized carbons (Fsp3) is 0.727. The van der Waals surface area contributed by atoms with Gasteiger partial charge in [0.25, 0.3) is 0 Å². The summed E-state index contributed by atoms with van der Waals surface area (Å²) in [6.45, 7) is 14.1. The van der Waals surface area contributed by atoms with Crippen LogP contribution in [-0.2, 0) is 14.3 Å². The van der Waals surface area contributed by atoms with Crippen LogP contribution in [0.1, 0.15) is 40.0 Å². The fourth-order valence-electron chi connectivity index (χ4n) is 8.29. The van der Waals surface area contributed by atoms with Crippen molar-refractivity contribution in [2.45, 2.75) is 51.9 Å². The van der Waals surface area contributed by atoms with E-state index in [4.69, 9.17) is 4.74 Å². The standard InChI is InChI=1S/C22H28O5/c1-10-8-19(4,5)15-18(25)22(26)21-12(3)13(11(2)17(21)24)6-7-14(21)20(15,9-27-22)16(10)23/h12-15,18,25-26H,1-2,6-9H2,3-5H3/t12-,13+,14+,15-,18+,20+,21+,22-/m1/s1. The van der Waals surface area contributed by atoms with Crippen molar-refractivity contribution in [2.24, 2.45) is 39.9 Å². The Balaban J connectivity index is 1.84. The molecule has 2 N–H and O–H groups in total. The molecule has 4 aliphatic carbocycles. The lowest BCUT2D eigenvalue weighted by Gasteiger charge is -2.73. The molecule has 6 rings (SSSR count). The molecule has 5 nitrogen and oxygen atoms in total. The summed E-state index contributed by atoms with van der Waals surface area (Å²) in [6.07, 6.45) is 0.609. The Kier molecular flexibility index (Phi) is 3.05. The molecule has 0 amide bonds. The summed E-state index contributed by atoms with van der Waals surface area (Å²) in [5.41, 5.74) is -1.69. The highest BCUT2D eigenvalue weighted by molar-refractivity contribution is 6.07. The molecule has 0 aromatic rings. The van der Waals surface area contributed by atoms with Crippen molar-refractivity contribution in [3.05, 3.63) is 24.3 Å². The number of fused-ring (bicyclic) bond motifs is 2. The van der Waals surface area contributed by atoms with Gasteiger partial charge >= 0.3 is 0 Å². The topological polar surface area (TPSA) is 83.8 Å². The summed E-state index contributed by atoms with van der Waals surface area (Å²) >= 11 is 0. The first-order valence-electron chi connectivity index (χ1n) is 9.98. The zero-order chi connectivity index (χ0) is 19.7. The van der Waals surface area contributed by atoms with Crippen molar-refractivity contribution in [1.29, 1.82) is 0 Å². The number of hydrogen-bond donors (Lipinski definition) is 2. The smallest absolute Gasteiger partial charge is 0.206 e. The lowest BCUT2D eigenvalue weighted by atomic mass is 9.35. The molecule has 2 saturated heterocycles. The lowest BCUT2D eigenvalue weighted by molar-refractivity contribution is -0.432. The van der Waals surface area contributed by atoms with Crippen LogP contribution in [0, 0.1) is 39.9 Å². The molecule has 8 atom stereocenters. The molecule has 2 spiro atoms. The number of carbonyl (C=O) groups is 2. The first-order chi connectivity index (χ1) is 12.5. The van der Waals surface area contributed by atoms with Gasteiger partial charge in [-0.05, 0) is 53.6 Å². The molecule has 27 heavy (non-hydrogen) atoms. The molecule has 2 heterocycles. The summed E-state index contributed by atoms with van der Waals surface area (Å²) in [5.74, 6) is -3.37. The van der Waals surface area contributed by atoms with Crippen LogP contribution in [0.15, 0.2) is 24.3 Å². The van der Waals surface area contributed by atoms with E-state index in [9.17, 15) is 19.8 Å². The van der Waals surface area contributed by atoms with Gasteiger partial charge in [0.2, 0.25) is 5.79 Å². The second kappa shape index (κ2) is 4.64. The molecule has 6 fully saturated rings. The summed E-state index contributed by atoms with van der Waals surface area (Å²) in [5, 5.41) is 23.2. The molecule has 2 aliphatic heterocycles. The molecular weight excluding hydrogens is 344 g/mol. The first-order valence-corrected chi connectivity index (χ1v) is 9.98. The number of hydrogen-bond acceptors (Lipinski definition) is 5. The number of aliphatic hydroxyl groups is 2. The maximum atomic E-state index is 13.6. The minimum Gasteiger partial charge on any atom is -0.387 e. The third-order valence-electron chi connectivity index (χ3n) is 9.02. The highest BCUT2D eigenvalue weighted by Crippen LogP contribution is 2.77. The van der Waals surface area contributed by atoms with Crippen LogP contribution >= 0.6 is 0 Å². The molecule has 6 aliphatic rings. The predicted molar refractivity (Wildman–Crippen MR) is 97.3 cm³/mol. The fourth-order valence-corrected chi connectivity index (χ4v) is 8.29. The Morgan fingerprint density at radius 1 is 1.15 bits per heavy atom. The second-order valence-electron chi connectivity index (χ2n) is 10.3. The van der Waals surface area contributed by atoms with Gasteiger partial charge in [-0.15, -0.1) is 0 Å². The first kappa shape index (κ1) is 17.8. The molecule has 0 unspecified atom stereocenters. The monoisotopic (exact) mass is 372 g/mol. The van der Waals surface area contributed by atoms with Crippen LogP contribution in [0.4, 0.5) is 0 Å². The van der Waals surface area contributed by atoms with E-state index in [0.717, 1.165) is 6.42 Å². The van der Waals surface area contributed by atoms with E-state index < -0.39 is 34.1 Å². The molecule has 0 aromatic carbocycles. The number of allylic oxidation sites excluding steroid dienone is 2. The van der Waals surface area contributed by atoms with Gasteiger partial charge in [-0.3, -0.25) is 9.59 Å². The maximum Gasteiger partial charge on any atom is 0.206 e. The number of ketones is 2. The number of carbonyl (C=O) groups excluding carboxylic acids is 2. The minimum atomic E-state index is -1.98. The molecular formula is C22H28O5. The highest BCUT2D eigenvalue weighted by Gasteiger charge is 2.86. The van der Waals surface area contributed by atoms with E-state index in [-0.39, 0.29) is 35.9 Å². The molecule has 4 saturated carbocycles. The zero-order valence-electron chi connectivity index (χ0n) is 16.2. The van der Waals surface area contributed by atoms with Crippen molar-refractivity contribution >= 4 is 11.6 Å². The largest absolute Gasteiger partial charge is 0.387 e.